The first-order valence-electron chi connectivity index (χ1n) is 8.51. The maximum absolute atomic E-state index is 11.6. The Balaban J connectivity index is 1.93. The Morgan fingerprint density at radius 3 is 2.14 bits per heavy atom. The summed E-state index contributed by atoms with van der Waals surface area (Å²) in [7, 11) is -3.80. The summed E-state index contributed by atoms with van der Waals surface area (Å²) in [6.07, 6.45) is 0.531. The summed E-state index contributed by atoms with van der Waals surface area (Å²) in [4.78, 5) is 0.0159. The Morgan fingerprint density at radius 1 is 0.897 bits per heavy atom. The maximum atomic E-state index is 11.6. The molecule has 0 saturated heterocycles. The van der Waals surface area contributed by atoms with Gasteiger partial charge in [-0.25, -0.2) is 13.6 Å². The van der Waals surface area contributed by atoms with Gasteiger partial charge in [0.2, 0.25) is 10.0 Å². The average Bonchev–Trinajstić information content (AvgIpc) is 2.66. The first-order valence-corrected chi connectivity index (χ1v) is 11.2. The zero-order chi connectivity index (χ0) is 20.8. The van der Waals surface area contributed by atoms with Gasteiger partial charge in [0.1, 0.15) is 11.5 Å². The van der Waals surface area contributed by atoms with Gasteiger partial charge in [0.05, 0.1) is 14.9 Å². The number of nitrogens with two attached hydrogens (primary N) is 1. The van der Waals surface area contributed by atoms with Crippen LogP contribution in [0, 0.1) is 0 Å². The molecule has 0 radical (unpaired) electrons. The second-order valence-corrected chi connectivity index (χ2v) is 9.32. The van der Waals surface area contributed by atoms with Crippen LogP contribution < -0.4 is 9.88 Å². The van der Waals surface area contributed by atoms with Gasteiger partial charge in [-0.1, -0.05) is 53.0 Å². The van der Waals surface area contributed by atoms with Crippen molar-refractivity contribution < 1.29 is 13.2 Å². The molecule has 2 N–H and O–H groups in total. The highest BCUT2D eigenvalue weighted by molar-refractivity contribution is 7.89. The van der Waals surface area contributed by atoms with Crippen LogP contribution in [-0.2, 0) is 16.4 Å². The summed E-state index contributed by atoms with van der Waals surface area (Å²) in [6.45, 7) is 0. The van der Waals surface area contributed by atoms with Crippen molar-refractivity contribution in [1.82, 2.24) is 0 Å². The molecule has 4 nitrogen and oxygen atoms in total. The van der Waals surface area contributed by atoms with Crippen molar-refractivity contribution in [2.75, 3.05) is 0 Å². The molecule has 3 aromatic rings. The topological polar surface area (TPSA) is 69.4 Å². The minimum absolute atomic E-state index is 0.0159. The van der Waals surface area contributed by atoms with Crippen molar-refractivity contribution in [2.45, 2.75) is 11.3 Å². The van der Waals surface area contributed by atoms with E-state index in [4.69, 9.17) is 44.7 Å². The molecule has 0 spiro atoms. The number of fused-ring (bicyclic) bond motifs is 1. The van der Waals surface area contributed by atoms with Crippen LogP contribution >= 0.6 is 34.8 Å². The average molecular weight is 467 g/mol. The van der Waals surface area contributed by atoms with Gasteiger partial charge in [-0.2, -0.15) is 0 Å². The first kappa shape index (κ1) is 20.3. The molecule has 0 amide bonds. The Hall–Kier alpha value is -2.02. The van der Waals surface area contributed by atoms with Crippen LogP contribution in [0.5, 0.6) is 5.75 Å². The fourth-order valence-corrected chi connectivity index (χ4v) is 4.81. The van der Waals surface area contributed by atoms with Gasteiger partial charge < -0.3 is 4.74 Å². The van der Waals surface area contributed by atoms with Gasteiger partial charge in [-0.3, -0.25) is 0 Å². The molecule has 0 fully saturated rings. The van der Waals surface area contributed by atoms with E-state index in [1.807, 2.05) is 24.3 Å². The monoisotopic (exact) mass is 465 g/mol. The molecule has 0 unspecified atom stereocenters. The Kier molecular flexibility index (Phi) is 5.36. The molecule has 0 atom stereocenters. The molecule has 1 heterocycles. The molecule has 0 bridgehead atoms. The van der Waals surface area contributed by atoms with E-state index in [9.17, 15) is 8.42 Å². The van der Waals surface area contributed by atoms with E-state index in [1.54, 1.807) is 24.3 Å². The summed E-state index contributed by atoms with van der Waals surface area (Å²) >= 11 is 19.0. The van der Waals surface area contributed by atoms with Gasteiger partial charge in [0, 0.05) is 28.1 Å². The zero-order valence-corrected chi connectivity index (χ0v) is 17.9. The predicted octanol–water partition coefficient (Wildman–Crippen LogP) is 5.80. The highest BCUT2D eigenvalue weighted by atomic mass is 35.5. The van der Waals surface area contributed by atoms with Gasteiger partial charge in [0.25, 0.3) is 0 Å². The van der Waals surface area contributed by atoms with Gasteiger partial charge in [-0.05, 0) is 48.0 Å². The number of benzene rings is 3. The SMILES string of the molecule is NS(=O)(=O)c1ccc(C2=C(c3c(Cl)cc(Cl)cc3Cl)Cc3ccccc3O2)cc1. The normalized spacial score (nSPS) is 13.8. The molecule has 1 aliphatic rings. The molecule has 0 aliphatic carbocycles. The number of sulfonamides is 1. The van der Waals surface area contributed by atoms with Crippen molar-refractivity contribution in [3.05, 3.63) is 92.4 Å². The van der Waals surface area contributed by atoms with Crippen LogP contribution in [0.15, 0.2) is 65.6 Å². The number of halogens is 3. The Morgan fingerprint density at radius 2 is 1.52 bits per heavy atom. The molecule has 0 saturated carbocycles. The number of rotatable bonds is 3. The number of hydrogen-bond donors (Lipinski definition) is 1. The van der Waals surface area contributed by atoms with E-state index in [-0.39, 0.29) is 4.90 Å². The quantitative estimate of drug-likeness (QED) is 0.530. The summed E-state index contributed by atoms with van der Waals surface area (Å²) in [5.41, 5.74) is 3.05. The van der Waals surface area contributed by atoms with Gasteiger partial charge in [-0.15, -0.1) is 0 Å². The second-order valence-electron chi connectivity index (χ2n) is 6.51. The summed E-state index contributed by atoms with van der Waals surface area (Å²) < 4.78 is 29.4. The molecule has 148 valence electrons. The van der Waals surface area contributed by atoms with E-state index in [2.05, 4.69) is 0 Å². The molecular weight excluding hydrogens is 453 g/mol. The third-order valence-corrected chi connectivity index (χ3v) is 6.32. The van der Waals surface area contributed by atoms with Crippen molar-refractivity contribution in [2.24, 2.45) is 5.14 Å². The maximum Gasteiger partial charge on any atom is 0.238 e. The smallest absolute Gasteiger partial charge is 0.238 e. The van der Waals surface area contributed by atoms with E-state index < -0.39 is 10.0 Å². The largest absolute Gasteiger partial charge is 0.456 e. The Bertz CT molecular complexity index is 1230. The summed E-state index contributed by atoms with van der Waals surface area (Å²) in [6, 6.07) is 17.0. The Labute approximate surface area is 183 Å². The third kappa shape index (κ3) is 4.02. The molecule has 29 heavy (non-hydrogen) atoms. The number of ether oxygens (including phenoxy) is 1. The third-order valence-electron chi connectivity index (χ3n) is 4.58. The fraction of sp³-hybridized carbons (Fsp3) is 0.0476. The second kappa shape index (κ2) is 7.67. The number of allylic oxidation sites excluding steroid dienone is 1. The van der Waals surface area contributed by atoms with Crippen LogP contribution in [0.25, 0.3) is 11.3 Å². The lowest BCUT2D eigenvalue weighted by atomic mass is 9.92. The fourth-order valence-electron chi connectivity index (χ4n) is 3.25. The number of primary sulfonamides is 1. The van der Waals surface area contributed by atoms with Crippen molar-refractivity contribution >= 4 is 56.2 Å². The van der Waals surface area contributed by atoms with Crippen molar-refractivity contribution in [3.8, 4) is 5.75 Å². The predicted molar refractivity (Wildman–Crippen MR) is 117 cm³/mol. The van der Waals surface area contributed by atoms with Crippen LogP contribution in [0.1, 0.15) is 16.7 Å². The van der Waals surface area contributed by atoms with Gasteiger partial charge >= 0.3 is 0 Å². The molecule has 4 rings (SSSR count). The zero-order valence-electron chi connectivity index (χ0n) is 14.8. The van der Waals surface area contributed by atoms with E-state index in [1.165, 1.54) is 12.1 Å². The first-order chi connectivity index (χ1) is 13.7. The minimum Gasteiger partial charge on any atom is -0.456 e. The molecule has 0 aromatic heterocycles. The van der Waals surface area contributed by atoms with Crippen molar-refractivity contribution in [3.63, 3.8) is 0 Å². The van der Waals surface area contributed by atoms with E-state index >= 15 is 0 Å². The lowest BCUT2D eigenvalue weighted by Crippen LogP contribution is -2.13. The standard InChI is InChI=1S/C21H14Cl3NO3S/c22-14-10-17(23)20(18(24)11-14)16-9-13-3-1-2-4-19(13)28-21(16)12-5-7-15(8-6-12)29(25,26)27/h1-8,10-11H,9H2,(H2,25,26,27). The van der Waals surface area contributed by atoms with E-state index in [0.717, 1.165) is 11.1 Å². The van der Waals surface area contributed by atoms with Crippen LogP contribution in [0.3, 0.4) is 0 Å². The highest BCUT2D eigenvalue weighted by Crippen LogP contribution is 2.44. The molecular formula is C21H14Cl3NO3S. The van der Waals surface area contributed by atoms with Crippen LogP contribution in [0.2, 0.25) is 15.1 Å². The lowest BCUT2D eigenvalue weighted by molar-refractivity contribution is 0.502. The van der Waals surface area contributed by atoms with Crippen molar-refractivity contribution in [1.29, 1.82) is 0 Å². The van der Waals surface area contributed by atoms with Crippen LogP contribution in [-0.4, -0.2) is 8.42 Å². The van der Waals surface area contributed by atoms with Crippen LogP contribution in [0.4, 0.5) is 0 Å². The number of para-hydroxylation sites is 1. The molecule has 8 heteroatoms. The lowest BCUT2D eigenvalue weighted by Gasteiger charge is -2.25. The number of hydrogen-bond acceptors (Lipinski definition) is 3. The minimum atomic E-state index is -3.80. The van der Waals surface area contributed by atoms with E-state index in [0.29, 0.717) is 44.1 Å². The molecule has 3 aromatic carbocycles. The highest BCUT2D eigenvalue weighted by Gasteiger charge is 2.26. The molecule has 1 aliphatic heterocycles. The van der Waals surface area contributed by atoms with Gasteiger partial charge in [0.15, 0.2) is 0 Å². The summed E-state index contributed by atoms with van der Waals surface area (Å²) in [5.74, 6) is 1.25. The summed E-state index contributed by atoms with van der Waals surface area (Å²) in [5, 5.41) is 6.44.